The first-order valence-electron chi connectivity index (χ1n) is 8.84. The van der Waals surface area contributed by atoms with Gasteiger partial charge in [-0.3, -0.25) is 9.59 Å². The molecule has 6 heteroatoms. The van der Waals surface area contributed by atoms with Gasteiger partial charge >= 0.3 is 5.97 Å². The fourth-order valence-electron chi connectivity index (χ4n) is 3.24. The number of amides is 1. The smallest absolute Gasteiger partial charge is 0.307 e. The number of fused-ring (bicyclic) bond motifs is 2. The summed E-state index contributed by atoms with van der Waals surface area (Å²) >= 11 is 6.19. The predicted octanol–water partition coefficient (Wildman–Crippen LogP) is 4.45. The fourth-order valence-corrected chi connectivity index (χ4v) is 3.44. The molecule has 0 saturated heterocycles. The van der Waals surface area contributed by atoms with Crippen molar-refractivity contribution in [3.05, 3.63) is 83.0 Å². The summed E-state index contributed by atoms with van der Waals surface area (Å²) < 4.78 is 5.33. The van der Waals surface area contributed by atoms with Crippen molar-refractivity contribution < 1.29 is 14.3 Å². The Morgan fingerprint density at radius 3 is 2.61 bits per heavy atom. The van der Waals surface area contributed by atoms with E-state index in [0.29, 0.717) is 22.0 Å². The second-order valence-electron chi connectivity index (χ2n) is 6.49. The highest BCUT2D eigenvalue weighted by molar-refractivity contribution is 6.30. The van der Waals surface area contributed by atoms with Gasteiger partial charge in [-0.15, -0.1) is 0 Å². The third-order valence-corrected chi connectivity index (χ3v) is 5.04. The maximum absolute atomic E-state index is 12.5. The molecule has 28 heavy (non-hydrogen) atoms. The van der Waals surface area contributed by atoms with Gasteiger partial charge in [0.15, 0.2) is 0 Å². The Bertz CT molecular complexity index is 1070. The number of pyridine rings is 1. The molecular formula is C22H17ClN2O3. The van der Waals surface area contributed by atoms with Crippen LogP contribution >= 0.6 is 11.6 Å². The highest BCUT2D eigenvalue weighted by atomic mass is 35.5. The summed E-state index contributed by atoms with van der Waals surface area (Å²) in [5.74, 6) is -0.559. The SMILES string of the molecule is C=C1c2ccccc2C(=O)N1CCC(=O)OCc1cc2ccccc2nc1Cl. The first-order valence-corrected chi connectivity index (χ1v) is 9.22. The van der Waals surface area contributed by atoms with Crippen LogP contribution in [0.25, 0.3) is 16.6 Å². The molecule has 1 aliphatic rings. The van der Waals surface area contributed by atoms with E-state index < -0.39 is 5.97 Å². The van der Waals surface area contributed by atoms with Gasteiger partial charge in [-0.05, 0) is 18.2 Å². The molecule has 0 N–H and O–H groups in total. The zero-order valence-corrected chi connectivity index (χ0v) is 15.8. The van der Waals surface area contributed by atoms with Crippen LogP contribution in [0.3, 0.4) is 0 Å². The molecule has 0 bridgehead atoms. The second kappa shape index (κ2) is 7.44. The minimum Gasteiger partial charge on any atom is -0.461 e. The molecule has 0 spiro atoms. The number of benzene rings is 2. The quantitative estimate of drug-likeness (QED) is 0.475. The molecule has 140 valence electrons. The minimum atomic E-state index is -0.416. The van der Waals surface area contributed by atoms with Gasteiger partial charge in [0, 0.05) is 34.3 Å². The van der Waals surface area contributed by atoms with Crippen LogP contribution in [0.15, 0.2) is 61.2 Å². The van der Waals surface area contributed by atoms with Crippen molar-refractivity contribution in [3.63, 3.8) is 0 Å². The standard InChI is InChI=1S/C22H17ClN2O3/c1-14-17-7-3-4-8-18(17)22(27)25(14)11-10-20(26)28-13-16-12-15-6-2-5-9-19(15)24-21(16)23/h2-9,12H,1,10-11,13H2. The summed E-state index contributed by atoms with van der Waals surface area (Å²) in [6.07, 6.45) is 0.0668. The number of esters is 1. The minimum absolute atomic E-state index is 0.0324. The molecule has 3 aromatic rings. The number of nitrogens with zero attached hydrogens (tertiary/aromatic N) is 2. The molecule has 1 amide bonds. The van der Waals surface area contributed by atoms with Crippen molar-refractivity contribution in [2.24, 2.45) is 0 Å². The number of para-hydroxylation sites is 1. The van der Waals surface area contributed by atoms with E-state index in [1.807, 2.05) is 48.5 Å². The van der Waals surface area contributed by atoms with Gasteiger partial charge < -0.3 is 9.64 Å². The van der Waals surface area contributed by atoms with Gasteiger partial charge in [0.1, 0.15) is 11.8 Å². The lowest BCUT2D eigenvalue weighted by molar-refractivity contribution is -0.145. The number of hydrogen-bond donors (Lipinski definition) is 0. The zero-order valence-electron chi connectivity index (χ0n) is 15.0. The van der Waals surface area contributed by atoms with Crippen LogP contribution in [0.1, 0.15) is 27.9 Å². The van der Waals surface area contributed by atoms with Crippen LogP contribution in [0.5, 0.6) is 0 Å². The number of ether oxygens (including phenoxy) is 1. The topological polar surface area (TPSA) is 59.5 Å². The lowest BCUT2D eigenvalue weighted by Gasteiger charge is -2.16. The van der Waals surface area contributed by atoms with Gasteiger partial charge in [-0.25, -0.2) is 4.98 Å². The molecule has 0 aliphatic carbocycles. The highest BCUT2D eigenvalue weighted by Crippen LogP contribution is 2.31. The van der Waals surface area contributed by atoms with E-state index in [4.69, 9.17) is 16.3 Å². The van der Waals surface area contributed by atoms with Gasteiger partial charge in [-0.2, -0.15) is 0 Å². The summed E-state index contributed by atoms with van der Waals surface area (Å²) in [5, 5.41) is 1.24. The Kier molecular flexibility index (Phi) is 4.84. The molecule has 0 fully saturated rings. The molecule has 1 aliphatic heterocycles. The fraction of sp³-hybridized carbons (Fsp3) is 0.136. The van der Waals surface area contributed by atoms with Gasteiger partial charge in [-0.1, -0.05) is 54.6 Å². The van der Waals surface area contributed by atoms with Crippen molar-refractivity contribution in [3.8, 4) is 0 Å². The number of rotatable bonds is 5. The Hall–Kier alpha value is -3.18. The second-order valence-corrected chi connectivity index (χ2v) is 6.85. The Morgan fingerprint density at radius 2 is 1.82 bits per heavy atom. The van der Waals surface area contributed by atoms with Crippen LogP contribution in [0.4, 0.5) is 0 Å². The summed E-state index contributed by atoms with van der Waals surface area (Å²) in [7, 11) is 0. The number of halogens is 1. The third-order valence-electron chi connectivity index (χ3n) is 4.72. The predicted molar refractivity (Wildman–Crippen MR) is 108 cm³/mol. The average Bonchev–Trinajstić information content (AvgIpc) is 2.95. The van der Waals surface area contributed by atoms with Gasteiger partial charge in [0.05, 0.1) is 11.9 Å². The molecule has 0 saturated carbocycles. The average molecular weight is 393 g/mol. The van der Waals surface area contributed by atoms with E-state index in [2.05, 4.69) is 11.6 Å². The molecule has 0 atom stereocenters. The maximum atomic E-state index is 12.5. The van der Waals surface area contributed by atoms with Gasteiger partial charge in [0.25, 0.3) is 5.91 Å². The van der Waals surface area contributed by atoms with E-state index in [1.54, 1.807) is 6.07 Å². The normalized spacial score (nSPS) is 13.1. The number of carbonyl (C=O) groups excluding carboxylic acids is 2. The van der Waals surface area contributed by atoms with E-state index in [9.17, 15) is 9.59 Å². The van der Waals surface area contributed by atoms with E-state index in [0.717, 1.165) is 16.5 Å². The lowest BCUT2D eigenvalue weighted by Crippen LogP contribution is -2.26. The third kappa shape index (κ3) is 3.37. The van der Waals surface area contributed by atoms with Crippen LogP contribution in [0, 0.1) is 0 Å². The van der Waals surface area contributed by atoms with E-state index in [1.165, 1.54) is 4.90 Å². The van der Waals surface area contributed by atoms with E-state index >= 15 is 0 Å². The Labute approximate surface area is 167 Å². The maximum Gasteiger partial charge on any atom is 0.307 e. The zero-order chi connectivity index (χ0) is 19.7. The molecule has 5 nitrogen and oxygen atoms in total. The molecule has 1 aromatic heterocycles. The Balaban J connectivity index is 1.36. The van der Waals surface area contributed by atoms with Crippen molar-refractivity contribution in [2.45, 2.75) is 13.0 Å². The largest absolute Gasteiger partial charge is 0.461 e. The van der Waals surface area contributed by atoms with E-state index in [-0.39, 0.29) is 25.5 Å². The van der Waals surface area contributed by atoms with Crippen molar-refractivity contribution in [1.82, 2.24) is 9.88 Å². The number of aromatic nitrogens is 1. The molecule has 0 unspecified atom stereocenters. The first kappa shape index (κ1) is 18.2. The molecule has 4 rings (SSSR count). The molecule has 2 heterocycles. The van der Waals surface area contributed by atoms with Crippen LogP contribution in [0.2, 0.25) is 5.15 Å². The Morgan fingerprint density at radius 1 is 1.11 bits per heavy atom. The van der Waals surface area contributed by atoms with Crippen molar-refractivity contribution in [1.29, 1.82) is 0 Å². The first-order chi connectivity index (χ1) is 13.5. The van der Waals surface area contributed by atoms with Crippen LogP contribution in [-0.2, 0) is 16.1 Å². The number of hydrogen-bond acceptors (Lipinski definition) is 4. The lowest BCUT2D eigenvalue weighted by atomic mass is 10.1. The monoisotopic (exact) mass is 392 g/mol. The van der Waals surface area contributed by atoms with Crippen LogP contribution in [-0.4, -0.2) is 28.3 Å². The summed E-state index contributed by atoms with van der Waals surface area (Å²) in [4.78, 5) is 30.5. The number of carbonyl (C=O) groups is 2. The van der Waals surface area contributed by atoms with Crippen LogP contribution < -0.4 is 0 Å². The summed E-state index contributed by atoms with van der Waals surface area (Å²) in [6.45, 7) is 4.22. The highest BCUT2D eigenvalue weighted by Gasteiger charge is 2.30. The summed E-state index contributed by atoms with van der Waals surface area (Å²) in [5.41, 5.74) is 3.44. The van der Waals surface area contributed by atoms with Gasteiger partial charge in [0.2, 0.25) is 0 Å². The molecule has 2 aromatic carbocycles. The van der Waals surface area contributed by atoms with Crippen molar-refractivity contribution in [2.75, 3.05) is 6.54 Å². The van der Waals surface area contributed by atoms with Crippen molar-refractivity contribution >= 4 is 40.1 Å². The molecular weight excluding hydrogens is 376 g/mol. The summed E-state index contributed by atoms with van der Waals surface area (Å²) in [6, 6.07) is 16.7. The molecule has 0 radical (unpaired) electrons.